The van der Waals surface area contributed by atoms with E-state index < -0.39 is 21.8 Å². The lowest BCUT2D eigenvalue weighted by atomic mass is 10.2. The Morgan fingerprint density at radius 2 is 1.74 bits per heavy atom. The van der Waals surface area contributed by atoms with Crippen molar-refractivity contribution >= 4 is 27.5 Å². The van der Waals surface area contributed by atoms with E-state index in [0.29, 0.717) is 5.75 Å². The van der Waals surface area contributed by atoms with Gasteiger partial charge in [-0.1, -0.05) is 18.2 Å². The lowest BCUT2D eigenvalue weighted by molar-refractivity contribution is -0.125. The third-order valence-electron chi connectivity index (χ3n) is 3.35. The van der Waals surface area contributed by atoms with E-state index in [4.69, 9.17) is 4.74 Å². The summed E-state index contributed by atoms with van der Waals surface area (Å²) in [5, 5.41) is 0. The molecule has 0 heterocycles. The van der Waals surface area contributed by atoms with Gasteiger partial charge in [0.25, 0.3) is 21.8 Å². The number of sulfonamides is 1. The number of amides is 2. The normalized spacial score (nSPS) is 10.7. The number of hydrogen-bond donors (Lipinski definition) is 3. The molecule has 0 spiro atoms. The van der Waals surface area contributed by atoms with Crippen molar-refractivity contribution in [3.63, 3.8) is 0 Å². The zero-order valence-electron chi connectivity index (χ0n) is 14.7. The van der Waals surface area contributed by atoms with Gasteiger partial charge in [0, 0.05) is 12.7 Å². The van der Waals surface area contributed by atoms with Crippen LogP contribution in [-0.4, -0.2) is 41.1 Å². The molecule has 0 aliphatic rings. The number of anilines is 1. The Bertz CT molecular complexity index is 930. The average Bonchev–Trinajstić information content (AvgIpc) is 2.66. The van der Waals surface area contributed by atoms with Gasteiger partial charge in [0.15, 0.2) is 0 Å². The Morgan fingerprint density at radius 1 is 1.00 bits per heavy atom. The molecule has 3 N–H and O–H groups in total. The van der Waals surface area contributed by atoms with Gasteiger partial charge in [0.05, 0.1) is 17.7 Å². The van der Waals surface area contributed by atoms with Crippen molar-refractivity contribution in [2.75, 3.05) is 25.5 Å². The molecular formula is C17H19N3O6S. The number of nitrogens with one attached hydrogen (secondary N) is 3. The first-order chi connectivity index (χ1) is 12.9. The van der Waals surface area contributed by atoms with E-state index in [9.17, 15) is 18.0 Å². The van der Waals surface area contributed by atoms with E-state index in [0.717, 1.165) is 0 Å². The van der Waals surface area contributed by atoms with Gasteiger partial charge in [-0.05, 0) is 30.3 Å². The Balaban J connectivity index is 2.18. The molecule has 0 atom stereocenters. The van der Waals surface area contributed by atoms with E-state index in [1.807, 2.05) is 0 Å². The quantitative estimate of drug-likeness (QED) is 0.601. The van der Waals surface area contributed by atoms with E-state index >= 15 is 0 Å². The second-order valence-corrected chi connectivity index (χ2v) is 6.95. The molecule has 2 rings (SSSR count). The Labute approximate surface area is 156 Å². The molecule has 0 aliphatic carbocycles. The minimum atomic E-state index is -3.96. The SMILES string of the molecule is COCC(=O)NNC(=O)c1cccc(S(=O)(=O)Nc2ccccc2OC)c1. The van der Waals surface area contributed by atoms with Gasteiger partial charge in [-0.3, -0.25) is 25.2 Å². The van der Waals surface area contributed by atoms with Gasteiger partial charge < -0.3 is 9.47 Å². The number of methoxy groups -OCH3 is 2. The zero-order valence-corrected chi connectivity index (χ0v) is 15.5. The average molecular weight is 393 g/mol. The highest BCUT2D eigenvalue weighted by atomic mass is 32.2. The lowest BCUT2D eigenvalue weighted by Gasteiger charge is -2.12. The minimum absolute atomic E-state index is 0.0515. The van der Waals surface area contributed by atoms with Crippen molar-refractivity contribution in [3.05, 3.63) is 54.1 Å². The number of ether oxygens (including phenoxy) is 2. The van der Waals surface area contributed by atoms with E-state index in [2.05, 4.69) is 20.3 Å². The molecule has 10 heteroatoms. The third-order valence-corrected chi connectivity index (χ3v) is 4.71. The largest absolute Gasteiger partial charge is 0.495 e. The van der Waals surface area contributed by atoms with Crippen LogP contribution in [0.2, 0.25) is 0 Å². The standard InChI is InChI=1S/C17H19N3O6S/c1-25-11-16(21)18-19-17(22)12-6-5-7-13(10-12)27(23,24)20-14-8-3-4-9-15(14)26-2/h3-10,20H,11H2,1-2H3,(H,18,21)(H,19,22). The predicted molar refractivity (Wildman–Crippen MR) is 97.7 cm³/mol. The number of benzene rings is 2. The molecule has 2 aromatic carbocycles. The minimum Gasteiger partial charge on any atom is -0.495 e. The van der Waals surface area contributed by atoms with Crippen LogP contribution in [0.1, 0.15) is 10.4 Å². The maximum Gasteiger partial charge on any atom is 0.269 e. The summed E-state index contributed by atoms with van der Waals surface area (Å²) in [7, 11) is -1.19. The highest BCUT2D eigenvalue weighted by Gasteiger charge is 2.18. The highest BCUT2D eigenvalue weighted by molar-refractivity contribution is 7.92. The van der Waals surface area contributed by atoms with Crippen LogP contribution in [-0.2, 0) is 19.6 Å². The fourth-order valence-electron chi connectivity index (χ4n) is 2.10. The summed E-state index contributed by atoms with van der Waals surface area (Å²) in [5.41, 5.74) is 4.64. The van der Waals surface area contributed by atoms with E-state index in [1.54, 1.807) is 24.3 Å². The monoisotopic (exact) mass is 393 g/mol. The van der Waals surface area contributed by atoms with Crippen molar-refractivity contribution < 1.29 is 27.5 Å². The van der Waals surface area contributed by atoms with Crippen molar-refractivity contribution in [1.29, 1.82) is 0 Å². The third kappa shape index (κ3) is 5.43. The summed E-state index contributed by atoms with van der Waals surface area (Å²) >= 11 is 0. The van der Waals surface area contributed by atoms with Crippen LogP contribution in [0.4, 0.5) is 5.69 Å². The lowest BCUT2D eigenvalue weighted by Crippen LogP contribution is -2.43. The molecule has 0 saturated heterocycles. The number of hydrogen-bond acceptors (Lipinski definition) is 6. The topological polar surface area (TPSA) is 123 Å². The number of carbonyl (C=O) groups excluding carboxylic acids is 2. The number of para-hydroxylation sites is 2. The Morgan fingerprint density at radius 3 is 2.44 bits per heavy atom. The molecule has 0 aromatic heterocycles. The van der Waals surface area contributed by atoms with Crippen LogP contribution in [0, 0.1) is 0 Å². The highest BCUT2D eigenvalue weighted by Crippen LogP contribution is 2.26. The van der Waals surface area contributed by atoms with Crippen LogP contribution in [0.3, 0.4) is 0 Å². The first kappa shape index (κ1) is 20.2. The van der Waals surface area contributed by atoms with Crippen molar-refractivity contribution in [3.8, 4) is 5.75 Å². The van der Waals surface area contributed by atoms with Crippen LogP contribution < -0.4 is 20.3 Å². The second kappa shape index (κ2) is 9.01. The Hall–Kier alpha value is -3.11. The smallest absolute Gasteiger partial charge is 0.269 e. The van der Waals surface area contributed by atoms with Gasteiger partial charge in [-0.15, -0.1) is 0 Å². The molecule has 144 valence electrons. The first-order valence-electron chi connectivity index (χ1n) is 7.71. The molecule has 0 bridgehead atoms. The molecule has 0 aliphatic heterocycles. The molecule has 0 unspecified atom stereocenters. The molecular weight excluding hydrogens is 374 g/mol. The van der Waals surface area contributed by atoms with Gasteiger partial charge in [-0.25, -0.2) is 8.42 Å². The molecule has 0 fully saturated rings. The second-order valence-electron chi connectivity index (χ2n) is 5.27. The fourth-order valence-corrected chi connectivity index (χ4v) is 3.22. The number of rotatable bonds is 7. The predicted octanol–water partition coefficient (Wildman–Crippen LogP) is 0.903. The van der Waals surface area contributed by atoms with Crippen LogP contribution in [0.15, 0.2) is 53.4 Å². The molecule has 2 amide bonds. The van der Waals surface area contributed by atoms with Crippen LogP contribution in [0.25, 0.3) is 0 Å². The van der Waals surface area contributed by atoms with Crippen LogP contribution in [0.5, 0.6) is 5.75 Å². The molecule has 27 heavy (non-hydrogen) atoms. The summed E-state index contributed by atoms with van der Waals surface area (Å²) in [6.45, 7) is -0.225. The Kier molecular flexibility index (Phi) is 6.74. The maximum absolute atomic E-state index is 12.6. The van der Waals surface area contributed by atoms with E-state index in [-0.39, 0.29) is 22.8 Å². The van der Waals surface area contributed by atoms with Gasteiger partial charge in [0.2, 0.25) is 0 Å². The molecule has 0 saturated carbocycles. The maximum atomic E-state index is 12.6. The van der Waals surface area contributed by atoms with Crippen molar-refractivity contribution in [2.45, 2.75) is 4.90 Å². The van der Waals surface area contributed by atoms with Gasteiger partial charge in [-0.2, -0.15) is 0 Å². The van der Waals surface area contributed by atoms with Crippen molar-refractivity contribution in [2.24, 2.45) is 0 Å². The summed E-state index contributed by atoms with van der Waals surface area (Å²) in [4.78, 5) is 23.3. The summed E-state index contributed by atoms with van der Waals surface area (Å²) in [5.74, 6) is -0.864. The first-order valence-corrected chi connectivity index (χ1v) is 9.19. The summed E-state index contributed by atoms with van der Waals surface area (Å²) in [6, 6.07) is 11.9. The van der Waals surface area contributed by atoms with Crippen molar-refractivity contribution in [1.82, 2.24) is 10.9 Å². The van der Waals surface area contributed by atoms with Gasteiger partial charge >= 0.3 is 0 Å². The molecule has 2 aromatic rings. The van der Waals surface area contributed by atoms with Crippen LogP contribution >= 0.6 is 0 Å². The summed E-state index contributed by atoms with van der Waals surface area (Å²) in [6.07, 6.45) is 0. The fraction of sp³-hybridized carbons (Fsp3) is 0.176. The van der Waals surface area contributed by atoms with E-state index in [1.165, 1.54) is 38.5 Å². The molecule has 9 nitrogen and oxygen atoms in total. The number of hydrazine groups is 1. The number of carbonyl (C=O) groups is 2. The molecule has 0 radical (unpaired) electrons. The zero-order chi connectivity index (χ0) is 19.9. The van der Waals surface area contributed by atoms with Gasteiger partial charge in [0.1, 0.15) is 12.4 Å². The summed E-state index contributed by atoms with van der Waals surface area (Å²) < 4.78 is 37.4.